The monoisotopic (exact) mass is 299 g/mol. The van der Waals surface area contributed by atoms with Crippen molar-refractivity contribution in [2.75, 3.05) is 19.7 Å². The molecule has 0 N–H and O–H groups in total. The van der Waals surface area contributed by atoms with Crippen molar-refractivity contribution in [3.05, 3.63) is 33.1 Å². The van der Waals surface area contributed by atoms with Gasteiger partial charge >= 0.3 is 0 Å². The average Bonchev–Trinajstić information content (AvgIpc) is 2.36. The third-order valence-corrected chi connectivity index (χ3v) is 3.20. The summed E-state index contributed by atoms with van der Waals surface area (Å²) in [6.07, 6.45) is 1.00. The summed E-state index contributed by atoms with van der Waals surface area (Å²) in [7, 11) is 0. The normalized spacial score (nSPS) is 17.9. The number of carbonyl (C=O) groups is 1. The zero-order valence-electron chi connectivity index (χ0n) is 11.1. The van der Waals surface area contributed by atoms with E-state index in [4.69, 9.17) is 16.3 Å². The summed E-state index contributed by atoms with van der Waals surface area (Å²) in [5.74, 6) is -0.433. The summed E-state index contributed by atoms with van der Waals surface area (Å²) in [6.45, 7) is 4.87. The van der Waals surface area contributed by atoms with Crippen LogP contribution in [0.3, 0.4) is 0 Å². The summed E-state index contributed by atoms with van der Waals surface area (Å²) in [5, 5.41) is 11.0. The topological polar surface area (TPSA) is 85.6 Å². The number of carbonyl (C=O) groups excluding carboxylic acids is 1. The van der Waals surface area contributed by atoms with Crippen LogP contribution in [0.4, 0.5) is 5.69 Å². The van der Waals surface area contributed by atoms with Crippen LogP contribution in [0, 0.1) is 10.1 Å². The van der Waals surface area contributed by atoms with Gasteiger partial charge in [0.2, 0.25) is 0 Å². The first kappa shape index (κ1) is 14.7. The molecule has 7 nitrogen and oxygen atoms in total. The molecule has 8 heteroatoms. The highest BCUT2D eigenvalue weighted by molar-refractivity contribution is 6.29. The van der Waals surface area contributed by atoms with Gasteiger partial charge in [-0.2, -0.15) is 0 Å². The van der Waals surface area contributed by atoms with E-state index in [0.29, 0.717) is 19.7 Å². The Kier molecular flexibility index (Phi) is 3.92. The van der Waals surface area contributed by atoms with E-state index in [1.165, 1.54) is 11.0 Å². The van der Waals surface area contributed by atoms with Gasteiger partial charge < -0.3 is 9.64 Å². The van der Waals surface area contributed by atoms with Crippen LogP contribution in [0.5, 0.6) is 0 Å². The SMILES string of the molecule is CC1(C)CN(C(=O)c2cc(Cl)ncc2[N+](=O)[O-])CCO1. The van der Waals surface area contributed by atoms with Gasteiger partial charge in [0.05, 0.1) is 17.1 Å². The molecule has 1 aromatic heterocycles. The average molecular weight is 300 g/mol. The molecular weight excluding hydrogens is 286 g/mol. The minimum atomic E-state index is -0.637. The molecule has 1 fully saturated rings. The molecule has 0 aliphatic carbocycles. The third-order valence-electron chi connectivity index (χ3n) is 2.99. The fourth-order valence-electron chi connectivity index (χ4n) is 2.10. The molecule has 0 saturated carbocycles. The second kappa shape index (κ2) is 5.34. The van der Waals surface area contributed by atoms with Gasteiger partial charge in [0.25, 0.3) is 11.6 Å². The number of morpholine rings is 1. The highest BCUT2D eigenvalue weighted by Crippen LogP contribution is 2.24. The lowest BCUT2D eigenvalue weighted by atomic mass is 10.1. The van der Waals surface area contributed by atoms with E-state index in [1.807, 2.05) is 13.8 Å². The molecule has 2 heterocycles. The van der Waals surface area contributed by atoms with Crippen LogP contribution in [0.25, 0.3) is 0 Å². The molecule has 2 rings (SSSR count). The van der Waals surface area contributed by atoms with E-state index in [-0.39, 0.29) is 16.4 Å². The highest BCUT2D eigenvalue weighted by Gasteiger charge is 2.33. The van der Waals surface area contributed by atoms with Gasteiger partial charge in [0, 0.05) is 13.1 Å². The zero-order valence-corrected chi connectivity index (χ0v) is 11.9. The van der Waals surface area contributed by atoms with Crippen LogP contribution in [-0.4, -0.2) is 46.0 Å². The summed E-state index contributed by atoms with van der Waals surface area (Å²) in [5.41, 5.74) is -0.865. The van der Waals surface area contributed by atoms with Gasteiger partial charge in [-0.15, -0.1) is 0 Å². The number of pyridine rings is 1. The van der Waals surface area contributed by atoms with Gasteiger partial charge in [-0.05, 0) is 19.9 Å². The molecule has 0 unspecified atom stereocenters. The summed E-state index contributed by atoms with van der Waals surface area (Å²) in [6, 6.07) is 1.23. The molecule has 1 aromatic rings. The molecule has 1 aliphatic rings. The van der Waals surface area contributed by atoms with Crippen molar-refractivity contribution in [1.82, 2.24) is 9.88 Å². The maximum absolute atomic E-state index is 12.4. The number of rotatable bonds is 2. The standard InChI is InChI=1S/C12H14ClN3O4/c1-12(2)7-15(3-4-20-12)11(17)8-5-10(13)14-6-9(8)16(18)19/h5-6H,3-4,7H2,1-2H3. The molecule has 108 valence electrons. The first-order chi connectivity index (χ1) is 9.30. The Hall–Kier alpha value is -1.73. The van der Waals surface area contributed by atoms with Crippen molar-refractivity contribution < 1.29 is 14.5 Å². The summed E-state index contributed by atoms with van der Waals surface area (Å²) in [4.78, 5) is 28.0. The Morgan fingerprint density at radius 1 is 1.60 bits per heavy atom. The van der Waals surface area contributed by atoms with Crippen molar-refractivity contribution in [2.45, 2.75) is 19.4 Å². The third kappa shape index (κ3) is 3.05. The lowest BCUT2D eigenvalue weighted by Crippen LogP contribution is -2.50. The molecule has 0 spiro atoms. The first-order valence-electron chi connectivity index (χ1n) is 6.03. The zero-order chi connectivity index (χ0) is 14.9. The smallest absolute Gasteiger partial charge is 0.300 e. The molecule has 0 aromatic carbocycles. The van der Waals surface area contributed by atoms with Gasteiger partial charge in [-0.1, -0.05) is 11.6 Å². The second-order valence-electron chi connectivity index (χ2n) is 5.12. The number of amides is 1. The van der Waals surface area contributed by atoms with E-state index in [1.54, 1.807) is 0 Å². The second-order valence-corrected chi connectivity index (χ2v) is 5.50. The van der Waals surface area contributed by atoms with Crippen molar-refractivity contribution in [3.8, 4) is 0 Å². The molecule has 0 atom stereocenters. The minimum Gasteiger partial charge on any atom is -0.372 e. The lowest BCUT2D eigenvalue weighted by molar-refractivity contribution is -0.385. The van der Waals surface area contributed by atoms with Crippen LogP contribution in [0.1, 0.15) is 24.2 Å². The van der Waals surface area contributed by atoms with E-state index in [0.717, 1.165) is 6.20 Å². The van der Waals surface area contributed by atoms with Crippen LogP contribution in [0.15, 0.2) is 12.3 Å². The van der Waals surface area contributed by atoms with Crippen molar-refractivity contribution >= 4 is 23.2 Å². The van der Waals surface area contributed by atoms with Gasteiger partial charge in [-0.3, -0.25) is 14.9 Å². The number of hydrogen-bond donors (Lipinski definition) is 0. The van der Waals surface area contributed by atoms with Crippen LogP contribution in [-0.2, 0) is 4.74 Å². The highest BCUT2D eigenvalue weighted by atomic mass is 35.5. The predicted molar refractivity (Wildman–Crippen MR) is 71.8 cm³/mol. The number of ether oxygens (including phenoxy) is 1. The van der Waals surface area contributed by atoms with E-state index >= 15 is 0 Å². The fourth-order valence-corrected chi connectivity index (χ4v) is 2.26. The molecular formula is C12H14ClN3O4. The number of aromatic nitrogens is 1. The van der Waals surface area contributed by atoms with Gasteiger partial charge in [-0.25, -0.2) is 4.98 Å². The molecule has 1 aliphatic heterocycles. The van der Waals surface area contributed by atoms with Crippen LogP contribution < -0.4 is 0 Å². The lowest BCUT2D eigenvalue weighted by Gasteiger charge is -2.38. The Morgan fingerprint density at radius 3 is 2.90 bits per heavy atom. The minimum absolute atomic E-state index is 0.0477. The number of nitrogens with zero attached hydrogens (tertiary/aromatic N) is 3. The maximum Gasteiger partial charge on any atom is 0.300 e. The van der Waals surface area contributed by atoms with E-state index < -0.39 is 16.4 Å². The Morgan fingerprint density at radius 2 is 2.30 bits per heavy atom. The molecule has 1 amide bonds. The summed E-state index contributed by atoms with van der Waals surface area (Å²) < 4.78 is 5.52. The molecule has 20 heavy (non-hydrogen) atoms. The van der Waals surface area contributed by atoms with Gasteiger partial charge in [0.1, 0.15) is 16.9 Å². The van der Waals surface area contributed by atoms with Crippen molar-refractivity contribution in [2.24, 2.45) is 0 Å². The largest absolute Gasteiger partial charge is 0.372 e. The van der Waals surface area contributed by atoms with Crippen LogP contribution >= 0.6 is 11.6 Å². The molecule has 0 radical (unpaired) electrons. The molecule has 1 saturated heterocycles. The van der Waals surface area contributed by atoms with E-state index in [9.17, 15) is 14.9 Å². The first-order valence-corrected chi connectivity index (χ1v) is 6.41. The quantitative estimate of drug-likeness (QED) is 0.473. The van der Waals surface area contributed by atoms with Crippen molar-refractivity contribution in [1.29, 1.82) is 0 Å². The number of nitro groups is 1. The maximum atomic E-state index is 12.4. The van der Waals surface area contributed by atoms with Gasteiger partial charge in [0.15, 0.2) is 0 Å². The molecule has 0 bridgehead atoms. The van der Waals surface area contributed by atoms with E-state index in [2.05, 4.69) is 4.98 Å². The van der Waals surface area contributed by atoms with Crippen LogP contribution in [0.2, 0.25) is 5.15 Å². The Labute approximate surface area is 120 Å². The predicted octanol–water partition coefficient (Wildman–Crippen LogP) is 1.89. The Balaban J connectivity index is 2.33. The summed E-state index contributed by atoms with van der Waals surface area (Å²) >= 11 is 5.73. The fraction of sp³-hybridized carbons (Fsp3) is 0.500. The number of hydrogen-bond acceptors (Lipinski definition) is 5. The number of halogens is 1. The Bertz CT molecular complexity index is 562. The van der Waals surface area contributed by atoms with Crippen molar-refractivity contribution in [3.63, 3.8) is 0 Å².